The molecule has 0 N–H and O–H groups in total. The number of hydrogen-bond acceptors (Lipinski definition) is 0. The Hall–Kier alpha value is 1.49. The molecule has 0 aromatic rings. The molecule has 3 rings (SSSR count). The fourth-order valence-corrected chi connectivity index (χ4v) is 3.88. The predicted molar refractivity (Wildman–Crippen MR) is 52.1 cm³/mol. The number of halogens is 3. The summed E-state index contributed by atoms with van der Waals surface area (Å²) in [6.45, 7) is -0.382. The molecule has 15 heavy (non-hydrogen) atoms. The molecule has 0 amide bonds. The molecule has 3 aliphatic rings. The van der Waals surface area contributed by atoms with Crippen LogP contribution in [0.4, 0.5) is 12.9 Å². The first kappa shape index (κ1) is 14.6. The molecule has 5 heteroatoms. The largest absolute Gasteiger partial charge is 1.00 e. The van der Waals surface area contributed by atoms with Crippen molar-refractivity contribution in [2.45, 2.75) is 51.3 Å². The Morgan fingerprint density at radius 3 is 1.73 bits per heavy atom. The van der Waals surface area contributed by atoms with E-state index in [2.05, 4.69) is 13.8 Å². The summed E-state index contributed by atoms with van der Waals surface area (Å²) in [7, 11) is 0. The van der Waals surface area contributed by atoms with Crippen LogP contribution in [-0.2, 0) is 0 Å². The molecule has 0 atom stereocenters. The van der Waals surface area contributed by atoms with Crippen LogP contribution in [0.3, 0.4) is 0 Å². The summed E-state index contributed by atoms with van der Waals surface area (Å²) >= 11 is 0. The van der Waals surface area contributed by atoms with Crippen LogP contribution in [0.5, 0.6) is 0 Å². The maximum atomic E-state index is 12.6. The first-order valence-electron chi connectivity index (χ1n) is 5.58. The molecular formula is C10H17BF3K. The van der Waals surface area contributed by atoms with E-state index in [0.29, 0.717) is 25.2 Å². The van der Waals surface area contributed by atoms with Crippen molar-refractivity contribution in [2.75, 3.05) is 0 Å². The van der Waals surface area contributed by atoms with E-state index in [-0.39, 0.29) is 56.8 Å². The van der Waals surface area contributed by atoms with Crippen molar-refractivity contribution in [3.63, 3.8) is 0 Å². The minimum atomic E-state index is -4.58. The van der Waals surface area contributed by atoms with E-state index in [4.69, 9.17) is 0 Å². The maximum Gasteiger partial charge on any atom is 1.00 e. The van der Waals surface area contributed by atoms with Crippen molar-refractivity contribution in [2.24, 2.45) is 11.3 Å². The van der Waals surface area contributed by atoms with E-state index in [9.17, 15) is 12.9 Å². The molecule has 3 aliphatic carbocycles. The molecule has 82 valence electrons. The van der Waals surface area contributed by atoms with Gasteiger partial charge in [-0.05, 0) is 11.3 Å². The monoisotopic (exact) mass is 244 g/mol. The van der Waals surface area contributed by atoms with Crippen LogP contribution < -0.4 is 51.4 Å². The van der Waals surface area contributed by atoms with Gasteiger partial charge in [-0.3, -0.25) is 0 Å². The van der Waals surface area contributed by atoms with E-state index < -0.39 is 12.3 Å². The Morgan fingerprint density at radius 1 is 1.07 bits per heavy atom. The van der Waals surface area contributed by atoms with Crippen LogP contribution in [0, 0.1) is 11.3 Å². The van der Waals surface area contributed by atoms with E-state index in [0.717, 1.165) is 12.8 Å². The zero-order valence-corrected chi connectivity index (χ0v) is 12.9. The quantitative estimate of drug-likeness (QED) is 0.652. The van der Waals surface area contributed by atoms with Crippen LogP contribution in [-0.4, -0.2) is 6.98 Å². The fourth-order valence-electron chi connectivity index (χ4n) is 3.88. The normalized spacial score (nSPS) is 38.0. The zero-order chi connectivity index (χ0) is 10.6. The topological polar surface area (TPSA) is 0 Å². The standard InChI is InChI=1S/C10H17BF3.K/c1-3-8(4-2)9-5-10(6-9,7-9)11(12,13)14;/h8H,3-7H2,1-2H3;/q-1;+1. The Bertz CT molecular complexity index is 228. The fraction of sp³-hybridized carbons (Fsp3) is 1.00. The molecule has 3 fully saturated rings. The molecule has 0 aromatic heterocycles. The first-order chi connectivity index (χ1) is 6.39. The first-order valence-corrected chi connectivity index (χ1v) is 5.58. The van der Waals surface area contributed by atoms with Crippen LogP contribution >= 0.6 is 0 Å². The summed E-state index contributed by atoms with van der Waals surface area (Å²) in [5.74, 6) is 0.530. The van der Waals surface area contributed by atoms with Gasteiger partial charge < -0.3 is 12.9 Å². The molecule has 0 heterocycles. The van der Waals surface area contributed by atoms with Gasteiger partial charge in [-0.25, -0.2) is 0 Å². The third kappa shape index (κ3) is 1.90. The molecule has 3 saturated carbocycles. The van der Waals surface area contributed by atoms with Crippen LogP contribution in [0.1, 0.15) is 46.0 Å². The average Bonchev–Trinajstić information content (AvgIpc) is 1.89. The molecule has 0 radical (unpaired) electrons. The second kappa shape index (κ2) is 4.30. The van der Waals surface area contributed by atoms with E-state index in [1.807, 2.05) is 0 Å². The van der Waals surface area contributed by atoms with Gasteiger partial charge in [-0.1, -0.05) is 51.3 Å². The average molecular weight is 244 g/mol. The Morgan fingerprint density at radius 2 is 1.47 bits per heavy atom. The molecule has 0 spiro atoms. The van der Waals surface area contributed by atoms with Gasteiger partial charge in [-0.2, -0.15) is 0 Å². The smallest absolute Gasteiger partial charge is 0.449 e. The van der Waals surface area contributed by atoms with Crippen LogP contribution in [0.15, 0.2) is 0 Å². The van der Waals surface area contributed by atoms with Gasteiger partial charge in [-0.15, -0.1) is 0 Å². The third-order valence-electron chi connectivity index (χ3n) is 4.66. The van der Waals surface area contributed by atoms with E-state index in [1.165, 1.54) is 0 Å². The second-order valence-electron chi connectivity index (χ2n) is 5.34. The summed E-state index contributed by atoms with van der Waals surface area (Å²) in [5, 5.41) is -1.19. The SMILES string of the molecule is CCC(CC)C12CC([B-](F)(F)F)(C1)C2.[K+]. The number of hydrogen-bond donors (Lipinski definition) is 0. The molecule has 0 aromatic carbocycles. The van der Waals surface area contributed by atoms with E-state index >= 15 is 0 Å². The summed E-state index contributed by atoms with van der Waals surface area (Å²) < 4.78 is 37.9. The Labute approximate surface area is 132 Å². The van der Waals surface area contributed by atoms with Crippen molar-refractivity contribution in [3.8, 4) is 0 Å². The van der Waals surface area contributed by atoms with Gasteiger partial charge in [0.15, 0.2) is 0 Å². The second-order valence-corrected chi connectivity index (χ2v) is 5.34. The van der Waals surface area contributed by atoms with Gasteiger partial charge in [0.1, 0.15) is 0 Å². The molecule has 0 aliphatic heterocycles. The van der Waals surface area contributed by atoms with Crippen molar-refractivity contribution in [1.29, 1.82) is 0 Å². The molecule has 0 unspecified atom stereocenters. The summed E-state index contributed by atoms with van der Waals surface area (Å²) in [4.78, 5) is 0. The molecule has 2 bridgehead atoms. The minimum absolute atomic E-state index is 0. The van der Waals surface area contributed by atoms with Gasteiger partial charge in [0, 0.05) is 0 Å². The zero-order valence-electron chi connectivity index (χ0n) is 9.82. The minimum Gasteiger partial charge on any atom is -0.449 e. The summed E-state index contributed by atoms with van der Waals surface area (Å²) in [6.07, 6.45) is 3.40. The summed E-state index contributed by atoms with van der Waals surface area (Å²) in [6, 6.07) is 0. The molecule has 0 nitrogen and oxygen atoms in total. The van der Waals surface area contributed by atoms with Gasteiger partial charge >= 0.3 is 58.4 Å². The van der Waals surface area contributed by atoms with Crippen LogP contribution in [0.2, 0.25) is 5.31 Å². The van der Waals surface area contributed by atoms with Gasteiger partial charge in [0.25, 0.3) is 0 Å². The third-order valence-corrected chi connectivity index (χ3v) is 4.66. The Balaban J connectivity index is 0.00000112. The van der Waals surface area contributed by atoms with Crippen molar-refractivity contribution in [3.05, 3.63) is 0 Å². The molecule has 0 saturated heterocycles. The summed E-state index contributed by atoms with van der Waals surface area (Å²) in [5.41, 5.74) is 0.0980. The van der Waals surface area contributed by atoms with Crippen molar-refractivity contribution < 1.29 is 64.3 Å². The van der Waals surface area contributed by atoms with Gasteiger partial charge in [0.2, 0.25) is 0 Å². The molecular weight excluding hydrogens is 227 g/mol. The van der Waals surface area contributed by atoms with Crippen LogP contribution in [0.25, 0.3) is 0 Å². The van der Waals surface area contributed by atoms with Crippen molar-refractivity contribution in [1.82, 2.24) is 0 Å². The maximum absolute atomic E-state index is 12.6. The van der Waals surface area contributed by atoms with Gasteiger partial charge in [0.05, 0.1) is 0 Å². The van der Waals surface area contributed by atoms with E-state index in [1.54, 1.807) is 0 Å². The predicted octanol–water partition coefficient (Wildman–Crippen LogP) is 1.20. The Kier molecular flexibility index (Phi) is 4.18. The number of rotatable bonds is 4. The van der Waals surface area contributed by atoms with Crippen molar-refractivity contribution >= 4 is 6.98 Å².